The Balaban J connectivity index is 1.80. The third-order valence-electron chi connectivity index (χ3n) is 3.64. The van der Waals surface area contributed by atoms with Crippen molar-refractivity contribution in [3.8, 4) is 0 Å². The lowest BCUT2D eigenvalue weighted by molar-refractivity contribution is 0.612. The number of anilines is 1. The largest absolute Gasteiger partial charge is 0.378 e. The Labute approximate surface area is 117 Å². The van der Waals surface area contributed by atoms with E-state index in [1.165, 1.54) is 4.90 Å². The average molecular weight is 273 g/mol. The summed E-state index contributed by atoms with van der Waals surface area (Å²) < 4.78 is 13.7. The van der Waals surface area contributed by atoms with Crippen molar-refractivity contribution in [2.24, 2.45) is 0 Å². The van der Waals surface area contributed by atoms with Gasteiger partial charge in [-0.2, -0.15) is 0 Å². The van der Waals surface area contributed by atoms with Crippen molar-refractivity contribution < 1.29 is 4.39 Å². The van der Waals surface area contributed by atoms with Gasteiger partial charge >= 0.3 is 0 Å². The van der Waals surface area contributed by atoms with Crippen molar-refractivity contribution in [2.45, 2.75) is 23.8 Å². The average Bonchev–Trinajstić information content (AvgIpc) is 2.84. The summed E-state index contributed by atoms with van der Waals surface area (Å²) in [5.74, 6) is -0.0699. The van der Waals surface area contributed by atoms with Crippen molar-refractivity contribution in [2.75, 3.05) is 11.6 Å². The molecule has 0 aliphatic heterocycles. The van der Waals surface area contributed by atoms with Gasteiger partial charge in [0.2, 0.25) is 0 Å². The van der Waals surface area contributed by atoms with Crippen molar-refractivity contribution >= 4 is 17.4 Å². The fraction of sp³-hybridized carbons (Fsp3) is 0.250. The first-order chi connectivity index (χ1) is 9.28. The first-order valence-corrected chi connectivity index (χ1v) is 7.68. The van der Waals surface area contributed by atoms with E-state index < -0.39 is 0 Å². The maximum atomic E-state index is 13.7. The summed E-state index contributed by atoms with van der Waals surface area (Å²) in [6.45, 7) is 0. The topological polar surface area (TPSA) is 12.0 Å². The molecule has 1 N–H and O–H groups in total. The van der Waals surface area contributed by atoms with Crippen LogP contribution in [0.15, 0.2) is 47.4 Å². The minimum Gasteiger partial charge on any atom is -0.378 e. The van der Waals surface area contributed by atoms with Gasteiger partial charge < -0.3 is 5.32 Å². The third-order valence-corrected chi connectivity index (χ3v) is 4.39. The van der Waals surface area contributed by atoms with Crippen molar-refractivity contribution in [3.63, 3.8) is 0 Å². The van der Waals surface area contributed by atoms with E-state index in [-0.39, 0.29) is 11.9 Å². The lowest BCUT2D eigenvalue weighted by Gasteiger charge is -2.15. The first kappa shape index (κ1) is 12.5. The molecule has 0 bridgehead atoms. The van der Waals surface area contributed by atoms with E-state index in [9.17, 15) is 4.39 Å². The highest BCUT2D eigenvalue weighted by molar-refractivity contribution is 7.98. The monoisotopic (exact) mass is 273 g/mol. The highest BCUT2D eigenvalue weighted by atomic mass is 32.2. The van der Waals surface area contributed by atoms with Crippen LogP contribution in [0.5, 0.6) is 0 Å². The van der Waals surface area contributed by atoms with Crippen LogP contribution in [0.1, 0.15) is 23.6 Å². The number of nitrogens with one attached hydrogen (secondary N) is 1. The maximum absolute atomic E-state index is 13.7. The second-order valence-corrected chi connectivity index (χ2v) is 5.65. The second-order valence-electron chi connectivity index (χ2n) is 4.77. The van der Waals surface area contributed by atoms with E-state index in [0.717, 1.165) is 29.7 Å². The molecule has 19 heavy (non-hydrogen) atoms. The van der Waals surface area contributed by atoms with Gasteiger partial charge in [0.05, 0.1) is 6.04 Å². The normalized spacial score (nSPS) is 17.3. The quantitative estimate of drug-likeness (QED) is 0.817. The van der Waals surface area contributed by atoms with E-state index in [1.807, 2.05) is 6.07 Å². The van der Waals surface area contributed by atoms with Crippen LogP contribution >= 0.6 is 11.8 Å². The molecule has 1 atom stereocenters. The SMILES string of the molecule is CSc1ccc(NC2CCc3c(F)cccc32)cc1. The van der Waals surface area contributed by atoms with E-state index in [2.05, 4.69) is 35.8 Å². The molecular formula is C16H16FNS. The minimum absolute atomic E-state index is 0.0699. The summed E-state index contributed by atoms with van der Waals surface area (Å²) >= 11 is 1.73. The highest BCUT2D eigenvalue weighted by Gasteiger charge is 2.24. The lowest BCUT2D eigenvalue weighted by atomic mass is 10.1. The number of benzene rings is 2. The van der Waals surface area contributed by atoms with E-state index >= 15 is 0 Å². The number of halogens is 1. The van der Waals surface area contributed by atoms with Crippen molar-refractivity contribution in [1.29, 1.82) is 0 Å². The van der Waals surface area contributed by atoms with Gasteiger partial charge in [0, 0.05) is 10.6 Å². The fourth-order valence-corrected chi connectivity index (χ4v) is 3.06. The van der Waals surface area contributed by atoms with E-state index in [4.69, 9.17) is 0 Å². The molecule has 0 saturated heterocycles. The Morgan fingerprint density at radius 2 is 1.95 bits per heavy atom. The predicted octanol–water partition coefficient (Wildman–Crippen LogP) is 4.65. The van der Waals surface area contributed by atoms with Crippen LogP contribution in [0.3, 0.4) is 0 Å². The first-order valence-electron chi connectivity index (χ1n) is 6.46. The molecule has 0 aromatic heterocycles. The molecule has 0 saturated carbocycles. The molecule has 98 valence electrons. The molecule has 0 spiro atoms. The Kier molecular flexibility index (Phi) is 3.47. The van der Waals surface area contributed by atoms with Gasteiger partial charge in [-0.05, 0) is 60.6 Å². The zero-order valence-electron chi connectivity index (χ0n) is 10.8. The zero-order valence-corrected chi connectivity index (χ0v) is 11.6. The maximum Gasteiger partial charge on any atom is 0.126 e. The van der Waals surface area contributed by atoms with Crippen LogP contribution in [0.2, 0.25) is 0 Å². The van der Waals surface area contributed by atoms with Gasteiger partial charge in [-0.15, -0.1) is 11.8 Å². The summed E-state index contributed by atoms with van der Waals surface area (Å²) in [6.07, 6.45) is 3.85. The van der Waals surface area contributed by atoms with Crippen LogP contribution in [-0.2, 0) is 6.42 Å². The van der Waals surface area contributed by atoms with Crippen LogP contribution in [0.25, 0.3) is 0 Å². The van der Waals surface area contributed by atoms with Crippen molar-refractivity contribution in [3.05, 3.63) is 59.4 Å². The number of fused-ring (bicyclic) bond motifs is 1. The summed E-state index contributed by atoms with van der Waals surface area (Å²) in [4.78, 5) is 1.25. The van der Waals surface area contributed by atoms with Gasteiger partial charge in [-0.3, -0.25) is 0 Å². The number of hydrogen-bond acceptors (Lipinski definition) is 2. The fourth-order valence-electron chi connectivity index (χ4n) is 2.65. The Bertz CT molecular complexity index is 580. The lowest BCUT2D eigenvalue weighted by Crippen LogP contribution is -2.07. The molecular weight excluding hydrogens is 257 g/mol. The zero-order chi connectivity index (χ0) is 13.2. The van der Waals surface area contributed by atoms with Gasteiger partial charge in [0.1, 0.15) is 5.82 Å². The van der Waals surface area contributed by atoms with Crippen molar-refractivity contribution in [1.82, 2.24) is 0 Å². The molecule has 3 heteroatoms. The molecule has 2 aromatic carbocycles. The number of rotatable bonds is 3. The van der Waals surface area contributed by atoms with Gasteiger partial charge in [0.25, 0.3) is 0 Å². The highest BCUT2D eigenvalue weighted by Crippen LogP contribution is 2.35. The molecule has 1 aliphatic rings. The Morgan fingerprint density at radius 3 is 2.68 bits per heavy atom. The molecule has 1 aliphatic carbocycles. The van der Waals surface area contributed by atoms with Gasteiger partial charge in [0.15, 0.2) is 0 Å². The van der Waals surface area contributed by atoms with Crippen LogP contribution in [0.4, 0.5) is 10.1 Å². The van der Waals surface area contributed by atoms with E-state index in [0.29, 0.717) is 0 Å². The summed E-state index contributed by atoms with van der Waals surface area (Å²) in [6, 6.07) is 14.0. The Hall–Kier alpha value is -1.48. The molecule has 0 heterocycles. The summed E-state index contributed by atoms with van der Waals surface area (Å²) in [5, 5.41) is 3.50. The second kappa shape index (κ2) is 5.25. The van der Waals surface area contributed by atoms with Gasteiger partial charge in [-0.1, -0.05) is 12.1 Å². The molecule has 2 aromatic rings. The molecule has 0 radical (unpaired) electrons. The van der Waals surface area contributed by atoms with Crippen LogP contribution < -0.4 is 5.32 Å². The van der Waals surface area contributed by atoms with E-state index in [1.54, 1.807) is 23.9 Å². The molecule has 0 fully saturated rings. The number of thioether (sulfide) groups is 1. The van der Waals surface area contributed by atoms with Gasteiger partial charge in [-0.25, -0.2) is 4.39 Å². The molecule has 3 rings (SSSR count). The summed E-state index contributed by atoms with van der Waals surface area (Å²) in [5.41, 5.74) is 3.08. The minimum atomic E-state index is -0.0699. The molecule has 1 nitrogen and oxygen atoms in total. The summed E-state index contributed by atoms with van der Waals surface area (Å²) in [7, 11) is 0. The Morgan fingerprint density at radius 1 is 1.16 bits per heavy atom. The third kappa shape index (κ3) is 2.47. The number of hydrogen-bond donors (Lipinski definition) is 1. The predicted molar refractivity (Wildman–Crippen MR) is 79.3 cm³/mol. The standard InChI is InChI=1S/C16H16FNS/c1-19-12-7-5-11(6-8-12)18-16-10-9-13-14(16)3-2-4-15(13)17/h2-8,16,18H,9-10H2,1H3. The molecule has 1 unspecified atom stereocenters. The van der Waals surface area contributed by atoms with Crippen LogP contribution in [0, 0.1) is 5.82 Å². The smallest absolute Gasteiger partial charge is 0.126 e. The van der Waals surface area contributed by atoms with Crippen LogP contribution in [-0.4, -0.2) is 6.26 Å². The molecule has 0 amide bonds.